The van der Waals surface area contributed by atoms with Crippen molar-refractivity contribution < 1.29 is 22.4 Å². The first-order chi connectivity index (χ1) is 12.8. The maximum Gasteiger partial charge on any atom is 0.417 e. The largest absolute Gasteiger partial charge is 0.417 e. The number of carbonyl (C=O) groups is 1. The van der Waals surface area contributed by atoms with Gasteiger partial charge in [0.05, 0.1) is 16.8 Å². The van der Waals surface area contributed by atoms with Gasteiger partial charge in [-0.15, -0.1) is 0 Å². The molecule has 1 heterocycles. The molecule has 140 valence electrons. The zero-order valence-electron chi connectivity index (χ0n) is 14.2. The van der Waals surface area contributed by atoms with Gasteiger partial charge in [-0.2, -0.15) is 13.2 Å². The first-order valence-corrected chi connectivity index (χ1v) is 8.00. The molecule has 0 saturated heterocycles. The number of aryl methyl sites for hydroxylation is 1. The van der Waals surface area contributed by atoms with Crippen LogP contribution in [0.2, 0.25) is 0 Å². The smallest absolute Gasteiger partial charge is 0.348 e. The number of halogens is 4. The molecular weight excluding hydrogens is 362 g/mol. The van der Waals surface area contributed by atoms with Gasteiger partial charge < -0.3 is 9.88 Å². The van der Waals surface area contributed by atoms with E-state index < -0.39 is 29.0 Å². The van der Waals surface area contributed by atoms with Crippen molar-refractivity contribution in [3.8, 4) is 5.69 Å². The highest BCUT2D eigenvalue weighted by molar-refractivity contribution is 5.95. The Labute approximate surface area is 152 Å². The Balaban J connectivity index is 1.75. The number of aromatic nitrogens is 2. The summed E-state index contributed by atoms with van der Waals surface area (Å²) >= 11 is 0. The summed E-state index contributed by atoms with van der Waals surface area (Å²) in [6.45, 7) is 1.62. The van der Waals surface area contributed by atoms with E-state index in [4.69, 9.17) is 0 Å². The maximum absolute atomic E-state index is 14.4. The van der Waals surface area contributed by atoms with Crippen LogP contribution in [0.3, 0.4) is 0 Å². The van der Waals surface area contributed by atoms with Gasteiger partial charge in [0.2, 0.25) is 0 Å². The van der Waals surface area contributed by atoms with Crippen LogP contribution in [0.4, 0.5) is 17.6 Å². The molecule has 3 aromatic rings. The topological polar surface area (TPSA) is 46.9 Å². The molecule has 0 unspecified atom stereocenters. The van der Waals surface area contributed by atoms with Gasteiger partial charge in [-0.25, -0.2) is 9.37 Å². The first-order valence-electron chi connectivity index (χ1n) is 8.00. The first kappa shape index (κ1) is 18.6. The predicted octanol–water partition coefficient (Wildman–Crippen LogP) is 4.27. The van der Waals surface area contributed by atoms with Gasteiger partial charge in [-0.3, -0.25) is 4.79 Å². The van der Waals surface area contributed by atoms with Gasteiger partial charge >= 0.3 is 6.18 Å². The van der Waals surface area contributed by atoms with E-state index in [0.717, 1.165) is 12.1 Å². The van der Waals surface area contributed by atoms with Crippen LogP contribution in [0.5, 0.6) is 0 Å². The molecule has 0 radical (unpaired) electrons. The van der Waals surface area contributed by atoms with Crippen LogP contribution >= 0.6 is 0 Å². The van der Waals surface area contributed by atoms with E-state index in [2.05, 4.69) is 10.3 Å². The van der Waals surface area contributed by atoms with E-state index in [-0.39, 0.29) is 6.54 Å². The van der Waals surface area contributed by atoms with Crippen molar-refractivity contribution in [3.63, 3.8) is 0 Å². The molecule has 1 aromatic heterocycles. The Bertz CT molecular complexity index is 979. The fourth-order valence-electron chi connectivity index (χ4n) is 2.69. The second-order valence-corrected chi connectivity index (χ2v) is 5.86. The molecule has 0 aliphatic heterocycles. The minimum Gasteiger partial charge on any atom is -0.348 e. The molecule has 1 amide bonds. The highest BCUT2D eigenvalue weighted by Gasteiger charge is 2.34. The van der Waals surface area contributed by atoms with Crippen LogP contribution in [-0.2, 0) is 12.7 Å². The summed E-state index contributed by atoms with van der Waals surface area (Å²) in [5.41, 5.74) is -0.773. The average Bonchev–Trinajstić information content (AvgIpc) is 3.05. The summed E-state index contributed by atoms with van der Waals surface area (Å²) in [6, 6.07) is 8.85. The van der Waals surface area contributed by atoms with Crippen LogP contribution in [0, 0.1) is 12.7 Å². The number of hydrogen-bond donors (Lipinski definition) is 1. The molecule has 4 nitrogen and oxygen atoms in total. The molecule has 0 spiro atoms. The van der Waals surface area contributed by atoms with E-state index in [0.29, 0.717) is 17.1 Å². The van der Waals surface area contributed by atoms with E-state index >= 15 is 0 Å². The predicted molar refractivity (Wildman–Crippen MR) is 90.9 cm³/mol. The van der Waals surface area contributed by atoms with Crippen molar-refractivity contribution in [2.24, 2.45) is 0 Å². The number of nitrogens with zero attached hydrogens (tertiary/aromatic N) is 2. The average molecular weight is 377 g/mol. The summed E-state index contributed by atoms with van der Waals surface area (Å²) < 4.78 is 54.9. The third-order valence-corrected chi connectivity index (χ3v) is 4.03. The molecular formula is C19H15F4N3O. The molecule has 0 saturated carbocycles. The summed E-state index contributed by atoms with van der Waals surface area (Å²) in [6.07, 6.45) is -1.48. The Morgan fingerprint density at radius 3 is 2.56 bits per heavy atom. The van der Waals surface area contributed by atoms with Crippen molar-refractivity contribution >= 4 is 5.91 Å². The zero-order valence-corrected chi connectivity index (χ0v) is 14.2. The van der Waals surface area contributed by atoms with Gasteiger partial charge in [0.15, 0.2) is 0 Å². The molecule has 0 atom stereocenters. The highest BCUT2D eigenvalue weighted by Crippen LogP contribution is 2.31. The number of imidazole rings is 1. The van der Waals surface area contributed by atoms with Gasteiger partial charge in [-0.1, -0.05) is 18.2 Å². The minimum atomic E-state index is -4.63. The summed E-state index contributed by atoms with van der Waals surface area (Å²) in [5.74, 6) is -0.796. The number of benzene rings is 2. The number of hydrogen-bond acceptors (Lipinski definition) is 2. The SMILES string of the molecule is Cc1nccn1-c1ccc(CNC(=O)c2ccccc2C(F)(F)F)cc1F. The van der Waals surface area contributed by atoms with Gasteiger partial charge in [0.1, 0.15) is 11.6 Å². The lowest BCUT2D eigenvalue weighted by atomic mass is 10.1. The van der Waals surface area contributed by atoms with Crippen LogP contribution in [0.1, 0.15) is 27.3 Å². The van der Waals surface area contributed by atoms with Gasteiger partial charge in [0.25, 0.3) is 5.91 Å². The normalized spacial score (nSPS) is 11.4. The zero-order chi connectivity index (χ0) is 19.6. The van der Waals surface area contributed by atoms with Crippen LogP contribution < -0.4 is 5.32 Å². The van der Waals surface area contributed by atoms with Crippen molar-refractivity contribution in [1.29, 1.82) is 0 Å². The third kappa shape index (κ3) is 3.99. The number of carbonyl (C=O) groups excluding carboxylic acids is 1. The number of alkyl halides is 3. The van der Waals surface area contributed by atoms with Crippen molar-refractivity contribution in [3.05, 3.63) is 83.2 Å². The maximum atomic E-state index is 14.4. The van der Waals surface area contributed by atoms with E-state index in [1.807, 2.05) is 0 Å². The fourth-order valence-corrected chi connectivity index (χ4v) is 2.69. The van der Waals surface area contributed by atoms with Crippen LogP contribution in [0.25, 0.3) is 5.69 Å². The van der Waals surface area contributed by atoms with E-state index in [9.17, 15) is 22.4 Å². The Morgan fingerprint density at radius 2 is 1.93 bits per heavy atom. The van der Waals surface area contributed by atoms with Crippen LogP contribution in [0.15, 0.2) is 54.9 Å². The van der Waals surface area contributed by atoms with Crippen LogP contribution in [-0.4, -0.2) is 15.5 Å². The molecule has 0 aliphatic rings. The Hall–Kier alpha value is -3.16. The fraction of sp³-hybridized carbons (Fsp3) is 0.158. The second-order valence-electron chi connectivity index (χ2n) is 5.86. The Morgan fingerprint density at radius 1 is 1.19 bits per heavy atom. The van der Waals surface area contributed by atoms with Crippen molar-refractivity contribution in [2.45, 2.75) is 19.6 Å². The molecule has 1 N–H and O–H groups in total. The molecule has 0 aliphatic carbocycles. The van der Waals surface area contributed by atoms with Gasteiger partial charge in [0, 0.05) is 18.9 Å². The number of amides is 1. The van der Waals surface area contributed by atoms with Crippen molar-refractivity contribution in [2.75, 3.05) is 0 Å². The molecule has 0 bridgehead atoms. The summed E-state index contributed by atoms with van der Waals surface area (Å²) in [4.78, 5) is 16.2. The highest BCUT2D eigenvalue weighted by atomic mass is 19.4. The number of rotatable bonds is 4. The standard InChI is InChI=1S/C19H15F4N3O/c1-12-24-8-9-26(12)17-7-6-13(10-16(17)20)11-25-18(27)14-4-2-3-5-15(14)19(21,22)23/h2-10H,11H2,1H3,(H,25,27). The minimum absolute atomic E-state index is 0.106. The lowest BCUT2D eigenvalue weighted by Crippen LogP contribution is -2.26. The summed E-state index contributed by atoms with van der Waals surface area (Å²) in [7, 11) is 0. The monoisotopic (exact) mass is 377 g/mol. The third-order valence-electron chi connectivity index (χ3n) is 4.03. The summed E-state index contributed by atoms with van der Waals surface area (Å²) in [5, 5.41) is 2.40. The molecule has 27 heavy (non-hydrogen) atoms. The quantitative estimate of drug-likeness (QED) is 0.691. The van der Waals surface area contributed by atoms with E-state index in [1.54, 1.807) is 30.0 Å². The lowest BCUT2D eigenvalue weighted by molar-refractivity contribution is -0.137. The molecule has 8 heteroatoms. The lowest BCUT2D eigenvalue weighted by Gasteiger charge is -2.13. The van der Waals surface area contributed by atoms with Gasteiger partial charge in [-0.05, 0) is 36.8 Å². The molecule has 3 rings (SSSR count). The molecule has 2 aromatic carbocycles. The second kappa shape index (κ2) is 7.22. The van der Waals surface area contributed by atoms with Crippen molar-refractivity contribution in [1.82, 2.24) is 14.9 Å². The number of nitrogens with one attached hydrogen (secondary N) is 1. The molecule has 0 fully saturated rings. The van der Waals surface area contributed by atoms with E-state index in [1.165, 1.54) is 24.3 Å². The Kier molecular flexibility index (Phi) is 4.98.